The van der Waals surface area contributed by atoms with Gasteiger partial charge < -0.3 is 4.74 Å². The second-order valence-corrected chi connectivity index (χ2v) is 15.0. The van der Waals surface area contributed by atoms with Crippen molar-refractivity contribution in [2.24, 2.45) is 0 Å². The van der Waals surface area contributed by atoms with Gasteiger partial charge in [-0.1, -0.05) is 166 Å². The van der Waals surface area contributed by atoms with E-state index in [1.54, 1.807) is 11.1 Å². The van der Waals surface area contributed by atoms with Crippen LogP contribution in [0.1, 0.15) is 177 Å². The normalized spacial score (nSPS) is 13.1. The summed E-state index contributed by atoms with van der Waals surface area (Å²) < 4.78 is 6.61. The summed E-state index contributed by atoms with van der Waals surface area (Å²) in [7, 11) is 0. The molecule has 0 aromatic heterocycles. The molecule has 0 unspecified atom stereocenters. The van der Waals surface area contributed by atoms with Crippen LogP contribution in [-0.2, 0) is 5.41 Å². The van der Waals surface area contributed by atoms with Crippen LogP contribution < -0.4 is 4.74 Å². The Balaban J connectivity index is 1.68. The Morgan fingerprint density at radius 1 is 0.468 bits per heavy atom. The maximum absolute atomic E-state index is 6.61. The molecule has 0 amide bonds. The van der Waals surface area contributed by atoms with Crippen LogP contribution in [0.25, 0.3) is 22.3 Å². The number of unbranched alkanes of at least 4 members (excludes halogenated alkanes) is 15. The first-order chi connectivity index (χ1) is 22.9. The van der Waals surface area contributed by atoms with Crippen LogP contribution in [-0.4, -0.2) is 6.61 Å². The molecule has 0 radical (unpaired) electrons. The van der Waals surface area contributed by atoms with Crippen LogP contribution in [0.3, 0.4) is 0 Å². The lowest BCUT2D eigenvalue weighted by Crippen LogP contribution is -2.25. The number of hydrogen-bond donors (Lipinski definition) is 0. The molecule has 1 aliphatic rings. The summed E-state index contributed by atoms with van der Waals surface area (Å²) >= 11 is 0. The lowest BCUT2D eigenvalue weighted by atomic mass is 9.70. The van der Waals surface area contributed by atoms with E-state index in [1.165, 1.54) is 161 Å². The fraction of sp³-hybridized carbons (Fsp3) is 0.609. The molecular weight excluding hydrogens is 569 g/mol. The number of hydrogen-bond acceptors (Lipinski definition) is 1. The number of ether oxygens (including phenoxy) is 1. The van der Waals surface area contributed by atoms with Gasteiger partial charge >= 0.3 is 0 Å². The molecular formula is C46H68O. The van der Waals surface area contributed by atoms with Gasteiger partial charge in [0, 0.05) is 11.0 Å². The highest BCUT2D eigenvalue weighted by atomic mass is 16.5. The van der Waals surface area contributed by atoms with Gasteiger partial charge in [-0.15, -0.1) is 0 Å². The Morgan fingerprint density at radius 3 is 1.55 bits per heavy atom. The van der Waals surface area contributed by atoms with Crippen LogP contribution in [0.4, 0.5) is 0 Å². The molecule has 0 heterocycles. The summed E-state index contributed by atoms with van der Waals surface area (Å²) in [5.74, 6) is 1.06. The predicted molar refractivity (Wildman–Crippen MR) is 207 cm³/mol. The largest absolute Gasteiger partial charge is 0.493 e. The van der Waals surface area contributed by atoms with E-state index in [0.717, 1.165) is 18.8 Å². The van der Waals surface area contributed by atoms with E-state index in [0.29, 0.717) is 0 Å². The first-order valence-corrected chi connectivity index (χ1v) is 20.0. The highest BCUT2D eigenvalue weighted by Crippen LogP contribution is 2.55. The molecule has 0 N–H and O–H groups in total. The quantitative estimate of drug-likeness (QED) is 0.0941. The Kier molecular flexibility index (Phi) is 15.4. The zero-order chi connectivity index (χ0) is 33.5. The maximum atomic E-state index is 6.61. The van der Waals surface area contributed by atoms with E-state index >= 15 is 0 Å². The lowest BCUT2D eigenvalue weighted by molar-refractivity contribution is 0.305. The summed E-state index contributed by atoms with van der Waals surface area (Å²) in [4.78, 5) is 0. The summed E-state index contributed by atoms with van der Waals surface area (Å²) in [6.45, 7) is 14.5. The molecule has 4 rings (SSSR count). The van der Waals surface area contributed by atoms with Gasteiger partial charge in [0.25, 0.3) is 0 Å². The molecule has 1 aliphatic carbocycles. The predicted octanol–water partition coefficient (Wildman–Crippen LogP) is 14.8. The third-order valence-corrected chi connectivity index (χ3v) is 11.1. The van der Waals surface area contributed by atoms with Crippen molar-refractivity contribution < 1.29 is 4.74 Å². The van der Waals surface area contributed by atoms with E-state index in [2.05, 4.69) is 90.1 Å². The topological polar surface area (TPSA) is 9.23 Å². The van der Waals surface area contributed by atoms with Gasteiger partial charge in [-0.25, -0.2) is 0 Å². The molecule has 0 saturated carbocycles. The Bertz CT molecular complexity index is 1350. The van der Waals surface area contributed by atoms with Gasteiger partial charge in [-0.2, -0.15) is 0 Å². The van der Waals surface area contributed by atoms with Crippen LogP contribution in [0, 0.1) is 20.8 Å². The molecule has 0 aliphatic heterocycles. The maximum Gasteiger partial charge on any atom is 0.127 e. The molecule has 258 valence electrons. The minimum atomic E-state index is 0.0987. The van der Waals surface area contributed by atoms with Gasteiger partial charge in [0.05, 0.1) is 6.61 Å². The van der Waals surface area contributed by atoms with Crippen LogP contribution in [0.5, 0.6) is 5.75 Å². The van der Waals surface area contributed by atoms with Crippen molar-refractivity contribution in [3.05, 3.63) is 76.3 Å². The number of benzene rings is 3. The molecule has 0 saturated heterocycles. The van der Waals surface area contributed by atoms with Crippen LogP contribution in [0.2, 0.25) is 0 Å². The summed E-state index contributed by atoms with van der Waals surface area (Å²) in [5.41, 5.74) is 12.9. The van der Waals surface area contributed by atoms with E-state index in [-0.39, 0.29) is 5.41 Å². The Labute approximate surface area is 290 Å². The van der Waals surface area contributed by atoms with Gasteiger partial charge in [-0.3, -0.25) is 0 Å². The van der Waals surface area contributed by atoms with Crippen molar-refractivity contribution in [3.8, 4) is 28.0 Å². The minimum Gasteiger partial charge on any atom is -0.493 e. The van der Waals surface area contributed by atoms with Gasteiger partial charge in [-0.05, 0) is 97.2 Å². The standard InChI is InChI=1S/C46H68O/c1-7-10-13-16-19-22-29-46(30-23-20-17-14-11-8-2)43-32-36(4)25-27-40(43)41-28-26-39(35-44(41)46)42-33-37(5)38(6)34-45(42)47-31-24-21-18-15-12-9-3/h25-28,32-35H,7-24,29-31H2,1-6H3. The fourth-order valence-corrected chi connectivity index (χ4v) is 8.05. The average Bonchev–Trinajstić information content (AvgIpc) is 3.33. The number of rotatable bonds is 23. The molecule has 1 nitrogen and oxygen atoms in total. The molecule has 0 fully saturated rings. The van der Waals surface area contributed by atoms with Crippen LogP contribution >= 0.6 is 0 Å². The van der Waals surface area contributed by atoms with Crippen molar-refractivity contribution >= 4 is 0 Å². The zero-order valence-electron chi connectivity index (χ0n) is 31.4. The monoisotopic (exact) mass is 637 g/mol. The molecule has 47 heavy (non-hydrogen) atoms. The molecule has 0 atom stereocenters. The molecule has 3 aromatic rings. The molecule has 1 heteroatoms. The lowest BCUT2D eigenvalue weighted by Gasteiger charge is -2.33. The zero-order valence-corrected chi connectivity index (χ0v) is 31.4. The first kappa shape index (κ1) is 37.3. The van der Waals surface area contributed by atoms with Crippen molar-refractivity contribution in [3.63, 3.8) is 0 Å². The smallest absolute Gasteiger partial charge is 0.127 e. The third-order valence-electron chi connectivity index (χ3n) is 11.1. The van der Waals surface area contributed by atoms with Gasteiger partial charge in [0.2, 0.25) is 0 Å². The molecule has 3 aromatic carbocycles. The second kappa shape index (κ2) is 19.5. The van der Waals surface area contributed by atoms with Crippen molar-refractivity contribution in [1.29, 1.82) is 0 Å². The van der Waals surface area contributed by atoms with Gasteiger partial charge in [0.15, 0.2) is 0 Å². The van der Waals surface area contributed by atoms with Crippen molar-refractivity contribution in [2.75, 3.05) is 6.61 Å². The molecule has 0 bridgehead atoms. The van der Waals surface area contributed by atoms with E-state index in [4.69, 9.17) is 4.74 Å². The highest BCUT2D eigenvalue weighted by Gasteiger charge is 2.42. The minimum absolute atomic E-state index is 0.0987. The first-order valence-electron chi connectivity index (χ1n) is 20.0. The third kappa shape index (κ3) is 9.99. The Hall–Kier alpha value is -2.54. The second-order valence-electron chi connectivity index (χ2n) is 15.0. The van der Waals surface area contributed by atoms with E-state index in [9.17, 15) is 0 Å². The molecule has 0 spiro atoms. The van der Waals surface area contributed by atoms with Crippen molar-refractivity contribution in [1.82, 2.24) is 0 Å². The summed E-state index contributed by atoms with van der Waals surface area (Å²) in [5, 5.41) is 0. The average molecular weight is 637 g/mol. The fourth-order valence-electron chi connectivity index (χ4n) is 8.05. The summed E-state index contributed by atoms with van der Waals surface area (Å²) in [6, 6.07) is 19.4. The number of aryl methyl sites for hydroxylation is 3. The van der Waals surface area contributed by atoms with E-state index in [1.807, 2.05) is 0 Å². The van der Waals surface area contributed by atoms with Crippen LogP contribution in [0.15, 0.2) is 48.5 Å². The number of fused-ring (bicyclic) bond motifs is 3. The SMILES string of the molecule is CCCCCCCCOc1cc(C)c(C)cc1-c1ccc2c(c1)C(CCCCCCCC)(CCCCCCCC)c1cc(C)ccc1-2. The van der Waals surface area contributed by atoms with Gasteiger partial charge in [0.1, 0.15) is 5.75 Å². The highest BCUT2D eigenvalue weighted by molar-refractivity contribution is 5.85. The van der Waals surface area contributed by atoms with Crippen molar-refractivity contribution in [2.45, 2.75) is 175 Å². The van der Waals surface area contributed by atoms with E-state index < -0.39 is 0 Å². The Morgan fingerprint density at radius 2 is 0.957 bits per heavy atom. The summed E-state index contributed by atoms with van der Waals surface area (Å²) in [6.07, 6.45) is 26.4.